The van der Waals surface area contributed by atoms with Crippen LogP contribution in [0.25, 0.3) is 0 Å². The Morgan fingerprint density at radius 1 is 1.50 bits per heavy atom. The van der Waals surface area contributed by atoms with Gasteiger partial charge in [-0.15, -0.1) is 0 Å². The van der Waals surface area contributed by atoms with Crippen molar-refractivity contribution < 1.29 is 8.42 Å². The summed E-state index contributed by atoms with van der Waals surface area (Å²) in [4.78, 5) is 3.60. The quantitative estimate of drug-likeness (QED) is 0.688. The zero-order chi connectivity index (χ0) is 9.35. The molecule has 1 aromatic heterocycles. The van der Waals surface area contributed by atoms with E-state index in [9.17, 15) is 8.42 Å². The summed E-state index contributed by atoms with van der Waals surface area (Å²) in [6, 6.07) is 3.06. The van der Waals surface area contributed by atoms with Crippen molar-refractivity contribution in [3.63, 3.8) is 0 Å². The van der Waals surface area contributed by atoms with E-state index in [4.69, 9.17) is 16.7 Å². The summed E-state index contributed by atoms with van der Waals surface area (Å²) in [6.45, 7) is 1.60. The number of hydrogen-bond acceptors (Lipinski definition) is 3. The van der Waals surface area contributed by atoms with Crippen LogP contribution in [0.5, 0.6) is 0 Å². The molecular weight excluding hydrogens is 200 g/mol. The van der Waals surface area contributed by atoms with Gasteiger partial charge >= 0.3 is 0 Å². The Labute approximate surface area is 75.4 Å². The van der Waals surface area contributed by atoms with E-state index in [1.807, 2.05) is 0 Å². The Bertz CT molecular complexity index is 402. The number of aromatic nitrogens is 1. The largest absolute Gasteiger partial charge is 0.255 e. The molecule has 0 radical (unpaired) electrons. The maximum absolute atomic E-state index is 10.9. The highest BCUT2D eigenvalue weighted by molar-refractivity contribution is 7.89. The first kappa shape index (κ1) is 9.44. The number of aryl methyl sites for hydroxylation is 1. The summed E-state index contributed by atoms with van der Waals surface area (Å²) in [6.07, 6.45) is 0. The fraction of sp³-hybridized carbons (Fsp3) is 0.167. The van der Waals surface area contributed by atoms with Gasteiger partial charge in [-0.1, -0.05) is 17.7 Å². The Hall–Kier alpha value is -0.650. The van der Waals surface area contributed by atoms with Crippen LogP contribution >= 0.6 is 11.6 Å². The molecule has 0 aliphatic carbocycles. The second kappa shape index (κ2) is 3.01. The Kier molecular flexibility index (Phi) is 2.36. The predicted molar refractivity (Wildman–Crippen MR) is 45.4 cm³/mol. The van der Waals surface area contributed by atoms with Gasteiger partial charge in [0.1, 0.15) is 5.15 Å². The number of primary sulfonamides is 1. The molecule has 0 aliphatic rings. The average molecular weight is 207 g/mol. The number of rotatable bonds is 1. The third kappa shape index (κ3) is 1.94. The molecule has 0 spiro atoms. The van der Waals surface area contributed by atoms with Crippen LogP contribution in [0.1, 0.15) is 5.56 Å². The lowest BCUT2D eigenvalue weighted by Crippen LogP contribution is -2.15. The fourth-order valence-electron chi connectivity index (χ4n) is 0.776. The Balaban J connectivity index is 3.43. The molecule has 0 saturated carbocycles. The SMILES string of the molecule is Cc1ccc(Cl)nc1S(N)(=O)=O. The predicted octanol–water partition coefficient (Wildman–Crippen LogP) is 0.691. The second-order valence-electron chi connectivity index (χ2n) is 2.30. The highest BCUT2D eigenvalue weighted by Crippen LogP contribution is 2.13. The molecule has 0 aliphatic heterocycles. The molecule has 66 valence electrons. The number of hydrogen-bond donors (Lipinski definition) is 1. The molecule has 0 bridgehead atoms. The van der Waals surface area contributed by atoms with Crippen LogP contribution in [-0.4, -0.2) is 13.4 Å². The van der Waals surface area contributed by atoms with Crippen molar-refractivity contribution in [3.8, 4) is 0 Å². The van der Waals surface area contributed by atoms with E-state index in [-0.39, 0.29) is 10.2 Å². The summed E-state index contributed by atoms with van der Waals surface area (Å²) in [7, 11) is -3.75. The lowest BCUT2D eigenvalue weighted by atomic mass is 10.3. The van der Waals surface area contributed by atoms with E-state index >= 15 is 0 Å². The Morgan fingerprint density at radius 2 is 2.08 bits per heavy atom. The van der Waals surface area contributed by atoms with E-state index in [0.717, 1.165) is 0 Å². The number of pyridine rings is 1. The van der Waals surface area contributed by atoms with Gasteiger partial charge < -0.3 is 0 Å². The van der Waals surface area contributed by atoms with Gasteiger partial charge in [-0.3, -0.25) is 0 Å². The van der Waals surface area contributed by atoms with Gasteiger partial charge in [0, 0.05) is 0 Å². The molecule has 0 atom stereocenters. The third-order valence-corrected chi connectivity index (χ3v) is 2.45. The van der Waals surface area contributed by atoms with Gasteiger partial charge in [-0.25, -0.2) is 18.5 Å². The molecule has 2 N–H and O–H groups in total. The lowest BCUT2D eigenvalue weighted by molar-refractivity contribution is 0.593. The topological polar surface area (TPSA) is 73.0 Å². The van der Waals surface area contributed by atoms with Gasteiger partial charge in [-0.05, 0) is 18.6 Å². The van der Waals surface area contributed by atoms with E-state index in [1.54, 1.807) is 13.0 Å². The summed E-state index contributed by atoms with van der Waals surface area (Å²) >= 11 is 5.49. The maximum Gasteiger partial charge on any atom is 0.255 e. The van der Waals surface area contributed by atoms with Crippen molar-refractivity contribution >= 4 is 21.6 Å². The molecule has 4 nitrogen and oxygen atoms in total. The van der Waals surface area contributed by atoms with Crippen molar-refractivity contribution in [3.05, 3.63) is 22.8 Å². The molecular formula is C6H7ClN2O2S. The third-order valence-electron chi connectivity index (χ3n) is 1.29. The summed E-state index contributed by atoms with van der Waals surface area (Å²) < 4.78 is 21.7. The summed E-state index contributed by atoms with van der Waals surface area (Å²) in [5, 5.41) is 4.82. The number of halogens is 1. The van der Waals surface area contributed by atoms with E-state index in [2.05, 4.69) is 4.98 Å². The molecule has 0 amide bonds. The highest BCUT2D eigenvalue weighted by Gasteiger charge is 2.13. The minimum absolute atomic E-state index is 0.115. The molecule has 1 rings (SSSR count). The van der Waals surface area contributed by atoms with Gasteiger partial charge in [0.05, 0.1) is 0 Å². The lowest BCUT2D eigenvalue weighted by Gasteiger charge is -2.00. The van der Waals surface area contributed by atoms with Crippen LogP contribution in [0.3, 0.4) is 0 Å². The minimum atomic E-state index is -3.75. The monoisotopic (exact) mass is 206 g/mol. The second-order valence-corrected chi connectivity index (χ2v) is 4.17. The first-order valence-electron chi connectivity index (χ1n) is 3.07. The van der Waals surface area contributed by atoms with E-state index in [0.29, 0.717) is 5.56 Å². The first-order chi connectivity index (χ1) is 5.41. The van der Waals surface area contributed by atoms with Crippen LogP contribution in [-0.2, 0) is 10.0 Å². The zero-order valence-corrected chi connectivity index (χ0v) is 7.85. The van der Waals surface area contributed by atoms with Crippen LogP contribution in [0.2, 0.25) is 5.15 Å². The molecule has 6 heteroatoms. The van der Waals surface area contributed by atoms with Crippen molar-refractivity contribution in [1.29, 1.82) is 0 Å². The van der Waals surface area contributed by atoms with Crippen LogP contribution in [0.15, 0.2) is 17.2 Å². The number of nitrogens with two attached hydrogens (primary N) is 1. The molecule has 0 aromatic carbocycles. The maximum atomic E-state index is 10.9. The van der Waals surface area contributed by atoms with Crippen LogP contribution in [0.4, 0.5) is 0 Å². The molecule has 0 unspecified atom stereocenters. The van der Waals surface area contributed by atoms with E-state index < -0.39 is 10.0 Å². The van der Waals surface area contributed by atoms with Gasteiger partial charge in [0.25, 0.3) is 10.0 Å². The van der Waals surface area contributed by atoms with Gasteiger partial charge in [0.15, 0.2) is 5.03 Å². The number of sulfonamides is 1. The van der Waals surface area contributed by atoms with Crippen LogP contribution in [0, 0.1) is 6.92 Å². The van der Waals surface area contributed by atoms with Gasteiger partial charge in [-0.2, -0.15) is 0 Å². The zero-order valence-electron chi connectivity index (χ0n) is 6.28. The fourth-order valence-corrected chi connectivity index (χ4v) is 1.72. The minimum Gasteiger partial charge on any atom is -0.223 e. The van der Waals surface area contributed by atoms with Crippen molar-refractivity contribution in [2.75, 3.05) is 0 Å². The Morgan fingerprint density at radius 3 is 2.50 bits per heavy atom. The molecule has 12 heavy (non-hydrogen) atoms. The first-order valence-corrected chi connectivity index (χ1v) is 4.99. The molecule has 0 fully saturated rings. The summed E-state index contributed by atoms with van der Waals surface area (Å²) in [5.74, 6) is 0. The molecule has 0 saturated heterocycles. The van der Waals surface area contributed by atoms with Crippen molar-refractivity contribution in [2.45, 2.75) is 11.9 Å². The molecule has 1 aromatic rings. The van der Waals surface area contributed by atoms with Crippen molar-refractivity contribution in [2.24, 2.45) is 5.14 Å². The van der Waals surface area contributed by atoms with Crippen LogP contribution < -0.4 is 5.14 Å². The number of nitrogens with zero attached hydrogens (tertiary/aromatic N) is 1. The summed E-state index contributed by atoms with van der Waals surface area (Å²) in [5.41, 5.74) is 0.488. The van der Waals surface area contributed by atoms with E-state index in [1.165, 1.54) is 6.07 Å². The van der Waals surface area contributed by atoms with Gasteiger partial charge in [0.2, 0.25) is 0 Å². The smallest absolute Gasteiger partial charge is 0.223 e. The van der Waals surface area contributed by atoms with Crippen molar-refractivity contribution in [1.82, 2.24) is 4.98 Å². The normalized spacial score (nSPS) is 11.6. The standard InChI is InChI=1S/C6H7ClN2O2S/c1-4-2-3-5(7)9-6(4)12(8,10)11/h2-3H,1H3,(H2,8,10,11). The highest BCUT2D eigenvalue weighted by atomic mass is 35.5. The average Bonchev–Trinajstić information content (AvgIpc) is 1.92. The molecule has 1 heterocycles.